The van der Waals surface area contributed by atoms with Crippen molar-refractivity contribution >= 4 is 17.7 Å². The highest BCUT2D eigenvalue weighted by Gasteiger charge is 2.49. The zero-order chi connectivity index (χ0) is 13.1. The Balaban J connectivity index is 4.64. The van der Waals surface area contributed by atoms with Gasteiger partial charge in [0.05, 0.1) is 6.04 Å². The third-order valence-electron chi connectivity index (χ3n) is 1.85. The van der Waals surface area contributed by atoms with Gasteiger partial charge in [-0.1, -0.05) is 13.8 Å². The van der Waals surface area contributed by atoms with Gasteiger partial charge in [0, 0.05) is 5.92 Å². The number of hydrogen-bond acceptors (Lipinski definition) is 3. The number of Topliss-reactive ketones (excluding diaryl/α,β-unsaturated/α-hetero) is 1. The quantitative estimate of drug-likeness (QED) is 0.679. The number of hydrogen-bond donors (Lipinski definition) is 2. The molecule has 5 nitrogen and oxygen atoms in total. The predicted molar refractivity (Wildman–Crippen MR) is 50.0 cm³/mol. The highest BCUT2D eigenvalue weighted by atomic mass is 19.3. The molecular formula is C9H13F2NO4. The normalized spacial score (nSPS) is 13.4. The van der Waals surface area contributed by atoms with Crippen LogP contribution >= 0.6 is 0 Å². The Bertz CT molecular complexity index is 315. The van der Waals surface area contributed by atoms with Crippen LogP contribution in [0.1, 0.15) is 20.8 Å². The smallest absolute Gasteiger partial charge is 0.401 e. The number of halogens is 2. The molecule has 1 unspecified atom stereocenters. The van der Waals surface area contributed by atoms with E-state index in [-0.39, 0.29) is 0 Å². The van der Waals surface area contributed by atoms with Gasteiger partial charge in [0.25, 0.3) is 0 Å². The molecule has 0 radical (unpaired) electrons. The minimum Gasteiger partial charge on any atom is -0.476 e. The molecule has 0 aromatic heterocycles. The van der Waals surface area contributed by atoms with Gasteiger partial charge in [-0.05, 0) is 6.92 Å². The van der Waals surface area contributed by atoms with E-state index < -0.39 is 35.5 Å². The lowest BCUT2D eigenvalue weighted by atomic mass is 10.1. The molecular weight excluding hydrogens is 224 g/mol. The van der Waals surface area contributed by atoms with E-state index in [0.29, 0.717) is 0 Å². The maximum absolute atomic E-state index is 12.7. The molecule has 0 aromatic carbocycles. The van der Waals surface area contributed by atoms with Gasteiger partial charge in [-0.15, -0.1) is 0 Å². The number of alkyl halides is 2. The molecule has 0 bridgehead atoms. The number of rotatable bonds is 5. The summed E-state index contributed by atoms with van der Waals surface area (Å²) >= 11 is 0. The van der Waals surface area contributed by atoms with Gasteiger partial charge in [0.1, 0.15) is 0 Å². The van der Waals surface area contributed by atoms with Crippen LogP contribution < -0.4 is 5.32 Å². The number of carboxylic acids is 1. The molecule has 0 aliphatic carbocycles. The molecule has 0 saturated heterocycles. The van der Waals surface area contributed by atoms with Crippen LogP contribution in [0.2, 0.25) is 0 Å². The van der Waals surface area contributed by atoms with Gasteiger partial charge < -0.3 is 10.4 Å². The Morgan fingerprint density at radius 2 is 1.62 bits per heavy atom. The number of nitrogens with one attached hydrogen (secondary N) is 1. The lowest BCUT2D eigenvalue weighted by molar-refractivity contribution is -0.172. The summed E-state index contributed by atoms with van der Waals surface area (Å²) in [6.45, 7) is 4.04. The molecule has 0 saturated carbocycles. The van der Waals surface area contributed by atoms with E-state index in [1.807, 2.05) is 5.32 Å². The van der Waals surface area contributed by atoms with Gasteiger partial charge in [-0.25, -0.2) is 4.79 Å². The number of carbonyl (C=O) groups is 3. The van der Waals surface area contributed by atoms with Gasteiger partial charge in [0.15, 0.2) is 0 Å². The number of aliphatic carboxylic acids is 1. The van der Waals surface area contributed by atoms with E-state index in [1.165, 1.54) is 13.8 Å². The van der Waals surface area contributed by atoms with Crippen LogP contribution in [0.5, 0.6) is 0 Å². The lowest BCUT2D eigenvalue weighted by Crippen LogP contribution is -2.50. The van der Waals surface area contributed by atoms with Crippen LogP contribution in [0.15, 0.2) is 0 Å². The molecule has 0 heterocycles. The monoisotopic (exact) mass is 237 g/mol. The summed E-state index contributed by atoms with van der Waals surface area (Å²) < 4.78 is 25.5. The highest BCUT2D eigenvalue weighted by molar-refractivity contribution is 6.07. The number of amides is 1. The molecule has 92 valence electrons. The average molecular weight is 237 g/mol. The maximum Gasteiger partial charge on any atom is 0.401 e. The van der Waals surface area contributed by atoms with Gasteiger partial charge in [-0.3, -0.25) is 9.59 Å². The van der Waals surface area contributed by atoms with Crippen molar-refractivity contribution < 1.29 is 28.3 Å². The lowest BCUT2D eigenvalue weighted by Gasteiger charge is -2.17. The zero-order valence-electron chi connectivity index (χ0n) is 9.08. The zero-order valence-corrected chi connectivity index (χ0v) is 9.08. The van der Waals surface area contributed by atoms with Crippen molar-refractivity contribution in [2.24, 2.45) is 5.92 Å². The number of ketones is 1. The second-order valence-corrected chi connectivity index (χ2v) is 3.63. The fourth-order valence-electron chi connectivity index (χ4n) is 0.823. The largest absolute Gasteiger partial charge is 0.476 e. The Morgan fingerprint density at radius 3 is 1.94 bits per heavy atom. The Hall–Kier alpha value is -1.53. The molecule has 0 spiro atoms. The number of carbonyl (C=O) groups excluding carboxylic acids is 2. The van der Waals surface area contributed by atoms with E-state index in [2.05, 4.69) is 0 Å². The third-order valence-corrected chi connectivity index (χ3v) is 1.85. The van der Waals surface area contributed by atoms with Crippen molar-refractivity contribution in [1.82, 2.24) is 5.32 Å². The van der Waals surface area contributed by atoms with Crippen LogP contribution in [0, 0.1) is 5.92 Å². The molecule has 7 heteroatoms. The first kappa shape index (κ1) is 14.5. The van der Waals surface area contributed by atoms with Crippen molar-refractivity contribution in [2.45, 2.75) is 32.7 Å². The van der Waals surface area contributed by atoms with Gasteiger partial charge in [0.2, 0.25) is 11.7 Å². The fourth-order valence-corrected chi connectivity index (χ4v) is 0.823. The van der Waals surface area contributed by atoms with E-state index in [4.69, 9.17) is 5.11 Å². The first-order valence-corrected chi connectivity index (χ1v) is 4.56. The summed E-state index contributed by atoms with van der Waals surface area (Å²) in [4.78, 5) is 32.2. The van der Waals surface area contributed by atoms with Crippen LogP contribution in [-0.4, -0.2) is 34.7 Å². The molecule has 16 heavy (non-hydrogen) atoms. The third kappa shape index (κ3) is 3.25. The topological polar surface area (TPSA) is 83.5 Å². The molecule has 0 aromatic rings. The summed E-state index contributed by atoms with van der Waals surface area (Å²) in [5.74, 6) is -9.92. The Kier molecular flexibility index (Phi) is 4.52. The predicted octanol–water partition coefficient (Wildman–Crippen LogP) is 0.436. The first-order chi connectivity index (χ1) is 7.10. The van der Waals surface area contributed by atoms with Crippen molar-refractivity contribution in [3.63, 3.8) is 0 Å². The minimum absolute atomic E-state index is 0.478. The van der Waals surface area contributed by atoms with E-state index in [0.717, 1.165) is 6.92 Å². The molecule has 1 amide bonds. The molecule has 1 atom stereocenters. The van der Waals surface area contributed by atoms with E-state index >= 15 is 0 Å². The summed E-state index contributed by atoms with van der Waals surface area (Å²) in [6.07, 6.45) is 0. The van der Waals surface area contributed by atoms with Crippen molar-refractivity contribution in [3.8, 4) is 0 Å². The molecule has 0 aliphatic rings. The van der Waals surface area contributed by atoms with Crippen molar-refractivity contribution in [2.75, 3.05) is 0 Å². The van der Waals surface area contributed by atoms with Gasteiger partial charge in [-0.2, -0.15) is 8.78 Å². The van der Waals surface area contributed by atoms with E-state index in [1.54, 1.807) is 0 Å². The second kappa shape index (κ2) is 5.00. The average Bonchev–Trinajstić information content (AvgIpc) is 2.15. The Morgan fingerprint density at radius 1 is 1.19 bits per heavy atom. The van der Waals surface area contributed by atoms with Crippen LogP contribution in [0.4, 0.5) is 8.78 Å². The summed E-state index contributed by atoms with van der Waals surface area (Å²) in [6, 6.07) is -1.54. The van der Waals surface area contributed by atoms with Crippen molar-refractivity contribution in [3.05, 3.63) is 0 Å². The molecule has 0 aliphatic heterocycles. The molecule has 0 rings (SSSR count). The maximum atomic E-state index is 12.7. The van der Waals surface area contributed by atoms with E-state index in [9.17, 15) is 23.2 Å². The summed E-state index contributed by atoms with van der Waals surface area (Å²) in [5, 5.41) is 10.1. The van der Waals surface area contributed by atoms with Crippen LogP contribution in [0.25, 0.3) is 0 Å². The summed E-state index contributed by atoms with van der Waals surface area (Å²) in [5.41, 5.74) is 0. The Labute approximate surface area is 90.8 Å². The minimum atomic E-state index is -4.48. The summed E-state index contributed by atoms with van der Waals surface area (Å²) in [7, 11) is 0. The molecule has 2 N–H and O–H groups in total. The number of carboxylic acid groups (broad SMARTS) is 1. The van der Waals surface area contributed by atoms with Crippen LogP contribution in [-0.2, 0) is 14.4 Å². The highest BCUT2D eigenvalue weighted by Crippen LogP contribution is 2.17. The first-order valence-electron chi connectivity index (χ1n) is 4.56. The van der Waals surface area contributed by atoms with Gasteiger partial charge >= 0.3 is 11.9 Å². The standard InChI is InChI=1S/C9H13F2NO4/c1-4(2)7(14)12-5(3)6(13)9(10,11)8(15)16/h4-5H,1-3H3,(H,12,14)(H,15,16). The fraction of sp³-hybridized carbons (Fsp3) is 0.667. The molecule has 0 fully saturated rings. The SMILES string of the molecule is CC(C)C(=O)NC(C)C(=O)C(F)(F)C(=O)O. The van der Waals surface area contributed by atoms with Crippen molar-refractivity contribution in [1.29, 1.82) is 0 Å². The van der Waals surface area contributed by atoms with Crippen LogP contribution in [0.3, 0.4) is 0 Å². The second-order valence-electron chi connectivity index (χ2n) is 3.63.